The van der Waals surface area contributed by atoms with Crippen LogP contribution < -0.4 is 4.74 Å². The van der Waals surface area contributed by atoms with Gasteiger partial charge in [-0.2, -0.15) is 5.10 Å². The summed E-state index contributed by atoms with van der Waals surface area (Å²) >= 11 is 0. The summed E-state index contributed by atoms with van der Waals surface area (Å²) in [6, 6.07) is 15.5. The number of benzene rings is 2. The second-order valence-electron chi connectivity index (χ2n) is 5.86. The van der Waals surface area contributed by atoms with E-state index in [0.29, 0.717) is 12.5 Å². The number of aromatic amines is 1. The van der Waals surface area contributed by atoms with Crippen LogP contribution in [-0.2, 0) is 4.74 Å². The Morgan fingerprint density at radius 1 is 1.12 bits per heavy atom. The molecule has 130 valence electrons. The van der Waals surface area contributed by atoms with Crippen molar-refractivity contribution < 1.29 is 9.47 Å². The molecule has 0 saturated carbocycles. The average Bonchev–Trinajstić information content (AvgIpc) is 3.10. The van der Waals surface area contributed by atoms with Crippen LogP contribution >= 0.6 is 0 Å². The maximum absolute atomic E-state index is 8.01. The van der Waals surface area contributed by atoms with E-state index < -0.39 is 0 Å². The zero-order chi connectivity index (χ0) is 18.1. The van der Waals surface area contributed by atoms with Crippen LogP contribution in [0.2, 0.25) is 0 Å². The molecule has 6 nitrogen and oxygen atoms in total. The van der Waals surface area contributed by atoms with Crippen LogP contribution in [0.1, 0.15) is 12.5 Å². The maximum Gasteiger partial charge on any atom is 0.213 e. The van der Waals surface area contributed by atoms with Gasteiger partial charge in [-0.3, -0.25) is 10.5 Å². The highest BCUT2D eigenvalue weighted by Crippen LogP contribution is 2.30. The van der Waals surface area contributed by atoms with E-state index in [0.717, 1.165) is 38.6 Å². The molecule has 0 atom stereocenters. The Bertz CT molecular complexity index is 1120. The summed E-state index contributed by atoms with van der Waals surface area (Å²) in [6.45, 7) is 2.34. The highest BCUT2D eigenvalue weighted by molar-refractivity contribution is 6.01. The lowest BCUT2D eigenvalue weighted by Crippen LogP contribution is -2.04. The molecule has 0 radical (unpaired) electrons. The van der Waals surface area contributed by atoms with Crippen molar-refractivity contribution in [1.29, 1.82) is 5.41 Å². The number of ether oxygens (including phenoxy) is 2. The molecule has 0 fully saturated rings. The summed E-state index contributed by atoms with van der Waals surface area (Å²) < 4.78 is 10.5. The first-order valence-corrected chi connectivity index (χ1v) is 8.34. The fourth-order valence-electron chi connectivity index (χ4n) is 2.97. The Morgan fingerprint density at radius 3 is 2.81 bits per heavy atom. The van der Waals surface area contributed by atoms with Gasteiger partial charge in [-0.25, -0.2) is 4.98 Å². The Hall–Kier alpha value is -3.41. The van der Waals surface area contributed by atoms with Crippen LogP contribution in [0, 0.1) is 5.41 Å². The van der Waals surface area contributed by atoms with Gasteiger partial charge in [-0.15, -0.1) is 0 Å². The van der Waals surface area contributed by atoms with Crippen LogP contribution in [-0.4, -0.2) is 34.8 Å². The third-order valence-electron chi connectivity index (χ3n) is 4.26. The lowest BCUT2D eigenvalue weighted by atomic mass is 10.0. The zero-order valence-electron chi connectivity index (χ0n) is 14.5. The Balaban J connectivity index is 1.81. The van der Waals surface area contributed by atoms with Crippen molar-refractivity contribution in [2.75, 3.05) is 13.7 Å². The molecule has 2 aromatic carbocycles. The predicted octanol–water partition coefficient (Wildman–Crippen LogP) is 4.15. The minimum atomic E-state index is 0.163. The molecule has 0 aliphatic rings. The molecule has 6 heteroatoms. The van der Waals surface area contributed by atoms with Crippen molar-refractivity contribution in [1.82, 2.24) is 15.2 Å². The quantitative estimate of drug-likeness (QED) is 0.429. The molecular weight excluding hydrogens is 328 g/mol. The second-order valence-corrected chi connectivity index (χ2v) is 5.86. The highest BCUT2D eigenvalue weighted by Gasteiger charge is 2.12. The van der Waals surface area contributed by atoms with Gasteiger partial charge in [0.1, 0.15) is 0 Å². The molecule has 0 unspecified atom stereocenters. The number of H-pyrrole nitrogens is 1. The van der Waals surface area contributed by atoms with Gasteiger partial charge < -0.3 is 9.47 Å². The minimum Gasteiger partial charge on any atom is -0.481 e. The van der Waals surface area contributed by atoms with Crippen molar-refractivity contribution >= 4 is 27.7 Å². The van der Waals surface area contributed by atoms with E-state index in [1.165, 1.54) is 0 Å². The van der Waals surface area contributed by atoms with Crippen LogP contribution in [0.4, 0.5) is 0 Å². The number of nitrogens with zero attached hydrogens (tertiary/aromatic N) is 2. The van der Waals surface area contributed by atoms with E-state index in [1.54, 1.807) is 7.11 Å². The standard InChI is InChI=1S/C20H18N4O2/c1-3-26-20(21)14-5-8-17-15(11-14)19(24-23-17)13-4-7-16-12(10-13)6-9-18(22-16)25-2/h4-11,21H,3H2,1-2H3,(H,23,24). The topological polar surface area (TPSA) is 83.9 Å². The summed E-state index contributed by atoms with van der Waals surface area (Å²) in [5.74, 6) is 0.755. The van der Waals surface area contributed by atoms with Crippen molar-refractivity contribution in [3.63, 3.8) is 0 Å². The van der Waals surface area contributed by atoms with Gasteiger partial charge in [0.05, 0.1) is 30.4 Å². The highest BCUT2D eigenvalue weighted by atomic mass is 16.5. The summed E-state index contributed by atoms with van der Waals surface area (Å²) in [7, 11) is 1.61. The lowest BCUT2D eigenvalue weighted by molar-refractivity contribution is 0.325. The smallest absolute Gasteiger partial charge is 0.213 e. The van der Waals surface area contributed by atoms with Crippen LogP contribution in [0.25, 0.3) is 33.1 Å². The third-order valence-corrected chi connectivity index (χ3v) is 4.26. The van der Waals surface area contributed by atoms with Gasteiger partial charge in [0, 0.05) is 28.0 Å². The van der Waals surface area contributed by atoms with Gasteiger partial charge in [-0.1, -0.05) is 6.07 Å². The molecule has 2 heterocycles. The molecule has 0 saturated heterocycles. The molecule has 4 rings (SSSR count). The Labute approximate surface area is 150 Å². The van der Waals surface area contributed by atoms with E-state index in [4.69, 9.17) is 14.9 Å². The molecule has 2 N–H and O–H groups in total. The first-order chi connectivity index (χ1) is 12.7. The van der Waals surface area contributed by atoms with Crippen molar-refractivity contribution in [2.45, 2.75) is 6.92 Å². The van der Waals surface area contributed by atoms with Gasteiger partial charge in [0.15, 0.2) is 0 Å². The largest absolute Gasteiger partial charge is 0.481 e. The monoisotopic (exact) mass is 346 g/mol. The first-order valence-electron chi connectivity index (χ1n) is 8.34. The normalized spacial score (nSPS) is 11.0. The van der Waals surface area contributed by atoms with Gasteiger partial charge in [0.25, 0.3) is 0 Å². The number of hydrogen-bond acceptors (Lipinski definition) is 5. The van der Waals surface area contributed by atoms with Crippen LogP contribution in [0.3, 0.4) is 0 Å². The van der Waals surface area contributed by atoms with Gasteiger partial charge in [-0.05, 0) is 43.3 Å². The van der Waals surface area contributed by atoms with Crippen molar-refractivity contribution in [2.24, 2.45) is 0 Å². The number of nitrogens with one attached hydrogen (secondary N) is 2. The fourth-order valence-corrected chi connectivity index (χ4v) is 2.97. The third kappa shape index (κ3) is 2.75. The first kappa shape index (κ1) is 16.1. The summed E-state index contributed by atoms with van der Waals surface area (Å²) in [5, 5.41) is 17.5. The number of rotatable bonds is 4. The fraction of sp³-hybridized carbons (Fsp3) is 0.150. The lowest BCUT2D eigenvalue weighted by Gasteiger charge is -2.06. The van der Waals surface area contributed by atoms with E-state index in [-0.39, 0.29) is 5.90 Å². The molecule has 0 spiro atoms. The SMILES string of the molecule is CCOC(=N)c1ccc2[nH]nc(-c3ccc4nc(OC)ccc4c3)c2c1. The Kier molecular flexibility index (Phi) is 4.01. The zero-order valence-corrected chi connectivity index (χ0v) is 14.5. The van der Waals surface area contributed by atoms with E-state index in [1.807, 2.05) is 49.4 Å². The van der Waals surface area contributed by atoms with Crippen molar-refractivity contribution in [3.8, 4) is 17.1 Å². The second kappa shape index (κ2) is 6.48. The van der Waals surface area contributed by atoms with E-state index >= 15 is 0 Å². The van der Waals surface area contributed by atoms with Crippen molar-refractivity contribution in [3.05, 3.63) is 54.1 Å². The number of fused-ring (bicyclic) bond motifs is 2. The predicted molar refractivity (Wildman–Crippen MR) is 102 cm³/mol. The molecule has 26 heavy (non-hydrogen) atoms. The van der Waals surface area contributed by atoms with Crippen LogP contribution in [0.15, 0.2) is 48.5 Å². The number of methoxy groups -OCH3 is 1. The molecule has 0 bridgehead atoms. The van der Waals surface area contributed by atoms with E-state index in [2.05, 4.69) is 21.2 Å². The van der Waals surface area contributed by atoms with Gasteiger partial charge in [0.2, 0.25) is 11.8 Å². The van der Waals surface area contributed by atoms with Gasteiger partial charge >= 0.3 is 0 Å². The summed E-state index contributed by atoms with van der Waals surface area (Å²) in [6.07, 6.45) is 0. The van der Waals surface area contributed by atoms with E-state index in [9.17, 15) is 0 Å². The minimum absolute atomic E-state index is 0.163. The Morgan fingerprint density at radius 2 is 2.00 bits per heavy atom. The molecule has 0 aliphatic carbocycles. The maximum atomic E-state index is 8.01. The average molecular weight is 346 g/mol. The molecule has 0 amide bonds. The summed E-state index contributed by atoms with van der Waals surface area (Å²) in [4.78, 5) is 4.44. The number of hydrogen-bond donors (Lipinski definition) is 2. The number of pyridine rings is 1. The molecule has 4 aromatic rings. The number of aromatic nitrogens is 3. The molecule has 0 aliphatic heterocycles. The summed E-state index contributed by atoms with van der Waals surface area (Å²) in [5.41, 5.74) is 4.33. The molecular formula is C20H18N4O2. The molecule has 2 aromatic heterocycles. The van der Waals surface area contributed by atoms with Crippen LogP contribution in [0.5, 0.6) is 5.88 Å².